The van der Waals surface area contributed by atoms with Gasteiger partial charge in [-0.15, -0.1) is 0 Å². The maximum absolute atomic E-state index is 4.02. The predicted octanol–water partition coefficient (Wildman–Crippen LogP) is 3.44. The smallest absolute Gasteiger partial charge is 0.0509 e. The highest BCUT2D eigenvalue weighted by Crippen LogP contribution is 2.28. The van der Waals surface area contributed by atoms with Gasteiger partial charge in [-0.25, -0.2) is 0 Å². The molecule has 1 heterocycles. The van der Waals surface area contributed by atoms with Crippen molar-refractivity contribution in [2.24, 2.45) is 0 Å². The van der Waals surface area contributed by atoms with Crippen LogP contribution in [0.4, 0.5) is 0 Å². The highest BCUT2D eigenvalue weighted by molar-refractivity contribution is 7.42. The normalized spacial score (nSPS) is 30.5. The van der Waals surface area contributed by atoms with Crippen molar-refractivity contribution in [1.82, 2.24) is 4.90 Å². The minimum Gasteiger partial charge on any atom is -0.342 e. The van der Waals surface area contributed by atoms with Gasteiger partial charge in [-0.1, -0.05) is 39.2 Å². The van der Waals surface area contributed by atoms with Crippen molar-refractivity contribution in [2.75, 3.05) is 0 Å². The summed E-state index contributed by atoms with van der Waals surface area (Å²) in [7, 11) is 0.822. The van der Waals surface area contributed by atoms with Gasteiger partial charge in [0, 0.05) is 11.9 Å². The van der Waals surface area contributed by atoms with Crippen molar-refractivity contribution in [1.29, 1.82) is 0 Å². The molecule has 2 unspecified atom stereocenters. The summed E-state index contributed by atoms with van der Waals surface area (Å²) >= 11 is 0. The van der Waals surface area contributed by atoms with Gasteiger partial charge in [-0.3, -0.25) is 0 Å². The summed E-state index contributed by atoms with van der Waals surface area (Å²) in [5.74, 6) is 2.73. The van der Waals surface area contributed by atoms with Crippen molar-refractivity contribution in [3.05, 3.63) is 48.6 Å². The summed E-state index contributed by atoms with van der Waals surface area (Å²) in [6.45, 7) is 8.27. The Morgan fingerprint density at radius 1 is 1.54 bits per heavy atom. The molecule has 2 heteroatoms. The molecule has 0 aromatic heterocycles. The van der Waals surface area contributed by atoms with Gasteiger partial charge >= 0.3 is 0 Å². The monoisotopic (exact) mass is 193 g/mol. The molecule has 0 aliphatic carbocycles. The highest BCUT2D eigenvalue weighted by Gasteiger charge is 2.10. The van der Waals surface area contributed by atoms with E-state index in [9.17, 15) is 0 Å². The van der Waals surface area contributed by atoms with E-state index in [1.807, 2.05) is 25.2 Å². The zero-order valence-corrected chi connectivity index (χ0v) is 9.20. The van der Waals surface area contributed by atoms with Crippen LogP contribution in [0.3, 0.4) is 0 Å². The van der Waals surface area contributed by atoms with E-state index in [2.05, 4.69) is 36.5 Å². The third-order valence-electron chi connectivity index (χ3n) is 1.89. The molecule has 0 saturated heterocycles. The van der Waals surface area contributed by atoms with Crippen molar-refractivity contribution in [3.63, 3.8) is 0 Å². The molecule has 0 fully saturated rings. The molecular weight excluding hydrogens is 177 g/mol. The van der Waals surface area contributed by atoms with E-state index in [0.29, 0.717) is 5.78 Å². The molecule has 2 atom stereocenters. The summed E-state index contributed by atoms with van der Waals surface area (Å²) in [4.78, 5) is 2.21. The van der Waals surface area contributed by atoms with Gasteiger partial charge in [0.25, 0.3) is 0 Å². The number of hydrogen-bond acceptors (Lipinski definition) is 1. The largest absolute Gasteiger partial charge is 0.342 e. The summed E-state index contributed by atoms with van der Waals surface area (Å²) in [6.07, 6.45) is 10.3. The Morgan fingerprint density at radius 3 is 3.00 bits per heavy atom. The Kier molecular flexibility index (Phi) is 3.98. The lowest BCUT2D eigenvalue weighted by molar-refractivity contribution is 0.470. The second-order valence-corrected chi connectivity index (χ2v) is 4.44. The number of allylic oxidation sites excluding steroid dienone is 4. The van der Waals surface area contributed by atoms with Crippen LogP contribution in [0.25, 0.3) is 0 Å². The maximum Gasteiger partial charge on any atom is 0.0509 e. The summed E-state index contributed by atoms with van der Waals surface area (Å²) in [5, 5.41) is 0. The molecule has 0 aromatic rings. The van der Waals surface area contributed by atoms with Gasteiger partial charge in [-0.2, -0.15) is 0 Å². The van der Waals surface area contributed by atoms with E-state index in [0.717, 1.165) is 14.3 Å². The van der Waals surface area contributed by atoms with Crippen LogP contribution in [0.1, 0.15) is 13.8 Å². The van der Waals surface area contributed by atoms with Gasteiger partial charge in [0.2, 0.25) is 0 Å². The third-order valence-corrected chi connectivity index (χ3v) is 3.04. The molecule has 13 heavy (non-hydrogen) atoms. The van der Waals surface area contributed by atoms with Crippen LogP contribution in [0.5, 0.6) is 0 Å². The Labute approximate surface area is 82.3 Å². The van der Waals surface area contributed by atoms with Crippen LogP contribution < -0.4 is 0 Å². The molecule has 0 spiro atoms. The van der Waals surface area contributed by atoms with Crippen LogP contribution in [-0.4, -0.2) is 10.7 Å². The van der Waals surface area contributed by atoms with E-state index in [1.54, 1.807) is 0 Å². The molecule has 1 nitrogen and oxygen atoms in total. The second kappa shape index (κ2) is 5.04. The van der Waals surface area contributed by atoms with E-state index in [4.69, 9.17) is 0 Å². The van der Waals surface area contributed by atoms with Crippen molar-refractivity contribution >= 4 is 8.58 Å². The standard InChI is InChI=1S/C11H16NP/c1-4-8-12-10(2)7-5-6-9-13-11(12)3/h4-9,11,13H,2H2,1,3H3/b7-5-,8-4-,9-6-. The minimum absolute atomic E-state index is 0.518. The molecular formula is C11H16NP. The zero-order chi connectivity index (χ0) is 9.68. The van der Waals surface area contributed by atoms with E-state index in [-0.39, 0.29) is 0 Å². The fourth-order valence-electron chi connectivity index (χ4n) is 1.22. The Balaban J connectivity index is 2.83. The summed E-state index contributed by atoms with van der Waals surface area (Å²) in [5.41, 5.74) is 1.06. The molecule has 0 bridgehead atoms. The van der Waals surface area contributed by atoms with Crippen LogP contribution in [0.15, 0.2) is 48.6 Å². The first-order valence-electron chi connectivity index (χ1n) is 4.45. The van der Waals surface area contributed by atoms with Crippen molar-refractivity contribution < 1.29 is 0 Å². The predicted molar refractivity (Wildman–Crippen MR) is 61.9 cm³/mol. The first-order valence-corrected chi connectivity index (χ1v) is 5.60. The number of hydrogen-bond donors (Lipinski definition) is 0. The lowest BCUT2D eigenvalue weighted by Crippen LogP contribution is -2.22. The molecule has 0 aromatic carbocycles. The molecule has 0 saturated carbocycles. The Morgan fingerprint density at radius 2 is 2.31 bits per heavy atom. The second-order valence-electron chi connectivity index (χ2n) is 2.94. The topological polar surface area (TPSA) is 3.24 Å². The van der Waals surface area contributed by atoms with Crippen molar-refractivity contribution in [2.45, 2.75) is 19.6 Å². The average Bonchev–Trinajstić information content (AvgIpc) is 2.11. The van der Waals surface area contributed by atoms with Gasteiger partial charge in [0.1, 0.15) is 0 Å². The molecule has 1 aliphatic heterocycles. The van der Waals surface area contributed by atoms with Crippen LogP contribution >= 0.6 is 8.58 Å². The van der Waals surface area contributed by atoms with Crippen LogP contribution in [0, 0.1) is 0 Å². The zero-order valence-electron chi connectivity index (χ0n) is 8.20. The quantitative estimate of drug-likeness (QED) is 0.576. The van der Waals surface area contributed by atoms with Crippen LogP contribution in [-0.2, 0) is 0 Å². The number of rotatable bonds is 1. The Hall–Kier alpha value is -0.810. The number of nitrogens with zero attached hydrogens (tertiary/aromatic N) is 1. The maximum atomic E-state index is 4.02. The van der Waals surface area contributed by atoms with Crippen LogP contribution in [0.2, 0.25) is 0 Å². The van der Waals surface area contributed by atoms with Crippen molar-refractivity contribution in [3.8, 4) is 0 Å². The molecule has 70 valence electrons. The molecule has 0 radical (unpaired) electrons. The third kappa shape index (κ3) is 2.86. The van der Waals surface area contributed by atoms with E-state index < -0.39 is 0 Å². The average molecular weight is 193 g/mol. The summed E-state index contributed by atoms with van der Waals surface area (Å²) in [6, 6.07) is 0. The van der Waals surface area contributed by atoms with Gasteiger partial charge in [0.15, 0.2) is 0 Å². The first kappa shape index (κ1) is 10.3. The van der Waals surface area contributed by atoms with E-state index in [1.165, 1.54) is 0 Å². The van der Waals surface area contributed by atoms with Gasteiger partial charge < -0.3 is 4.90 Å². The molecule has 0 amide bonds. The molecule has 1 aliphatic rings. The molecule has 1 rings (SSSR count). The lowest BCUT2D eigenvalue weighted by Gasteiger charge is -2.28. The Bertz CT molecular complexity index is 263. The molecule has 0 N–H and O–H groups in total. The highest BCUT2D eigenvalue weighted by atomic mass is 31.1. The summed E-state index contributed by atoms with van der Waals surface area (Å²) < 4.78 is 0. The van der Waals surface area contributed by atoms with Gasteiger partial charge in [0.05, 0.1) is 5.78 Å². The first-order chi connectivity index (χ1) is 6.25. The SMILES string of the molecule is C=C1/C=C\C=C/PC(C)N1/C=C\C. The van der Waals surface area contributed by atoms with E-state index >= 15 is 0 Å². The minimum atomic E-state index is 0.518. The fourth-order valence-corrected chi connectivity index (χ4v) is 2.13. The van der Waals surface area contributed by atoms with Gasteiger partial charge in [-0.05, 0) is 19.9 Å². The fraction of sp³-hybridized carbons (Fsp3) is 0.273. The lowest BCUT2D eigenvalue weighted by atomic mass is 10.3.